The smallest absolute Gasteiger partial charge is 0.240 e. The van der Waals surface area contributed by atoms with E-state index in [4.69, 9.17) is 11.6 Å². The lowest BCUT2D eigenvalue weighted by Gasteiger charge is -2.15. The molecule has 0 aliphatic carbocycles. The van der Waals surface area contributed by atoms with E-state index in [1.165, 1.54) is 19.1 Å². The van der Waals surface area contributed by atoms with Crippen LogP contribution in [0.5, 0.6) is 0 Å². The van der Waals surface area contributed by atoms with E-state index in [0.29, 0.717) is 6.54 Å². The molecule has 0 bridgehead atoms. The van der Waals surface area contributed by atoms with Crippen molar-refractivity contribution in [2.45, 2.75) is 29.8 Å². The molecular weight excluding hydrogens is 364 g/mol. The summed E-state index contributed by atoms with van der Waals surface area (Å²) in [6.45, 7) is 1.69. The topological polar surface area (TPSA) is 109 Å². The lowest BCUT2D eigenvalue weighted by molar-refractivity contribution is -0.119. The molecule has 10 heteroatoms. The number of carbonyl (C=O) groups is 1. The normalized spacial score (nSPS) is 23.6. The number of amides is 1. The molecule has 0 unspecified atom stereocenters. The van der Waals surface area contributed by atoms with E-state index < -0.39 is 31.3 Å². The number of nitrogens with one attached hydrogen (secondary N) is 2. The van der Waals surface area contributed by atoms with Crippen LogP contribution >= 0.6 is 11.6 Å². The maximum atomic E-state index is 12.3. The molecule has 2 N–H and O–H groups in total. The minimum Gasteiger partial charge on any atom is -0.352 e. The van der Waals surface area contributed by atoms with Crippen LogP contribution in [0.2, 0.25) is 0 Å². The van der Waals surface area contributed by atoms with Crippen molar-refractivity contribution >= 4 is 37.4 Å². The molecule has 23 heavy (non-hydrogen) atoms. The van der Waals surface area contributed by atoms with Gasteiger partial charge >= 0.3 is 0 Å². The highest BCUT2D eigenvalue weighted by Gasteiger charge is 2.38. The van der Waals surface area contributed by atoms with E-state index in [1.54, 1.807) is 12.1 Å². The SMILES string of the molecule is CC(=O)NCc1ccc(S(=O)(=O)N[C@@H]2CS(=O)(=O)C[C@H]2Cl)cc1. The molecule has 1 aliphatic heterocycles. The van der Waals surface area contributed by atoms with Crippen molar-refractivity contribution < 1.29 is 21.6 Å². The lowest BCUT2D eigenvalue weighted by Crippen LogP contribution is -2.40. The molecule has 128 valence electrons. The molecule has 1 aliphatic rings. The van der Waals surface area contributed by atoms with Crippen LogP contribution in [0.25, 0.3) is 0 Å². The van der Waals surface area contributed by atoms with Crippen molar-refractivity contribution in [1.82, 2.24) is 10.0 Å². The number of hydrogen-bond acceptors (Lipinski definition) is 5. The van der Waals surface area contributed by atoms with Crippen LogP contribution in [0, 0.1) is 0 Å². The highest BCUT2D eigenvalue weighted by atomic mass is 35.5. The third-order valence-corrected chi connectivity index (χ3v) is 7.25. The van der Waals surface area contributed by atoms with E-state index in [0.717, 1.165) is 5.56 Å². The Labute approximate surface area is 140 Å². The number of carbonyl (C=O) groups excluding carboxylic acids is 1. The molecule has 1 aromatic rings. The third kappa shape index (κ3) is 4.90. The highest BCUT2D eigenvalue weighted by molar-refractivity contribution is 7.92. The van der Waals surface area contributed by atoms with Gasteiger partial charge in [0, 0.05) is 13.5 Å². The monoisotopic (exact) mass is 380 g/mol. The van der Waals surface area contributed by atoms with Crippen LogP contribution in [-0.2, 0) is 31.2 Å². The van der Waals surface area contributed by atoms with Gasteiger partial charge in [0.1, 0.15) is 0 Å². The van der Waals surface area contributed by atoms with E-state index in [-0.39, 0.29) is 22.3 Å². The standard InChI is InChI=1S/C13H17ClN2O5S2/c1-9(17)15-6-10-2-4-11(5-3-10)23(20,21)16-13-8-22(18,19)7-12(13)14/h2-5,12-13,16H,6-8H2,1H3,(H,15,17)/t12-,13-/m1/s1. The minimum atomic E-state index is -3.86. The number of sulfonamides is 1. The van der Waals surface area contributed by atoms with Gasteiger partial charge in [0.2, 0.25) is 15.9 Å². The first-order valence-corrected chi connectivity index (χ1v) is 10.5. The summed E-state index contributed by atoms with van der Waals surface area (Å²) in [5, 5.41) is 1.82. The van der Waals surface area contributed by atoms with Gasteiger partial charge in [-0.05, 0) is 17.7 Å². The molecule has 2 rings (SSSR count). The zero-order valence-electron chi connectivity index (χ0n) is 12.3. The number of halogens is 1. The Hall–Kier alpha value is -1.16. The maximum Gasteiger partial charge on any atom is 0.240 e. The summed E-state index contributed by atoms with van der Waals surface area (Å²) in [6, 6.07) is 5.10. The van der Waals surface area contributed by atoms with E-state index >= 15 is 0 Å². The fourth-order valence-corrected chi connectivity index (χ4v) is 6.20. The van der Waals surface area contributed by atoms with E-state index in [9.17, 15) is 21.6 Å². The summed E-state index contributed by atoms with van der Waals surface area (Å²) in [5.74, 6) is -0.725. The Morgan fingerprint density at radius 2 is 1.87 bits per heavy atom. The Morgan fingerprint density at radius 1 is 1.26 bits per heavy atom. The van der Waals surface area contributed by atoms with Crippen molar-refractivity contribution in [2.75, 3.05) is 11.5 Å². The van der Waals surface area contributed by atoms with Gasteiger partial charge in [-0.2, -0.15) is 0 Å². The zero-order chi connectivity index (χ0) is 17.3. The summed E-state index contributed by atoms with van der Waals surface area (Å²) in [4.78, 5) is 10.9. The van der Waals surface area contributed by atoms with E-state index in [1.807, 2.05) is 0 Å². The first-order valence-electron chi connectivity index (χ1n) is 6.79. The largest absolute Gasteiger partial charge is 0.352 e. The van der Waals surface area contributed by atoms with Crippen molar-refractivity contribution in [1.29, 1.82) is 0 Å². The molecular formula is C13H17ClN2O5S2. The van der Waals surface area contributed by atoms with Crippen molar-refractivity contribution in [3.05, 3.63) is 29.8 Å². The van der Waals surface area contributed by atoms with Gasteiger partial charge in [0.25, 0.3) is 0 Å². The van der Waals surface area contributed by atoms with Gasteiger partial charge in [-0.15, -0.1) is 11.6 Å². The quantitative estimate of drug-likeness (QED) is 0.699. The molecule has 0 saturated carbocycles. The summed E-state index contributed by atoms with van der Waals surface area (Å²) in [5.41, 5.74) is 0.748. The predicted octanol–water partition coefficient (Wildman–Crippen LogP) is 0.00540. The van der Waals surface area contributed by atoms with Crippen LogP contribution < -0.4 is 10.0 Å². The molecule has 1 fully saturated rings. The molecule has 1 heterocycles. The van der Waals surface area contributed by atoms with Crippen LogP contribution in [0.1, 0.15) is 12.5 Å². The Kier molecular flexibility index (Phi) is 5.34. The molecule has 0 radical (unpaired) electrons. The number of alkyl halides is 1. The Morgan fingerprint density at radius 3 is 2.35 bits per heavy atom. The average Bonchev–Trinajstić information content (AvgIpc) is 2.68. The Bertz CT molecular complexity index is 790. The molecule has 0 aromatic heterocycles. The first kappa shape index (κ1) is 18.2. The van der Waals surface area contributed by atoms with E-state index in [2.05, 4.69) is 10.0 Å². The van der Waals surface area contributed by atoms with Crippen LogP contribution in [0.3, 0.4) is 0 Å². The second-order valence-corrected chi connectivity index (χ2v) is 9.80. The van der Waals surface area contributed by atoms with Gasteiger partial charge in [-0.3, -0.25) is 4.79 Å². The highest BCUT2D eigenvalue weighted by Crippen LogP contribution is 2.20. The van der Waals surface area contributed by atoms with Gasteiger partial charge < -0.3 is 5.32 Å². The first-order chi connectivity index (χ1) is 10.6. The average molecular weight is 381 g/mol. The minimum absolute atomic E-state index is 0.0113. The van der Waals surface area contributed by atoms with Crippen molar-refractivity contribution in [3.63, 3.8) is 0 Å². The predicted molar refractivity (Wildman–Crippen MR) is 86.4 cm³/mol. The lowest BCUT2D eigenvalue weighted by atomic mass is 10.2. The fraction of sp³-hybridized carbons (Fsp3) is 0.462. The zero-order valence-corrected chi connectivity index (χ0v) is 14.7. The Balaban J connectivity index is 2.09. The molecule has 1 amide bonds. The second kappa shape index (κ2) is 6.76. The van der Waals surface area contributed by atoms with Crippen LogP contribution in [-0.4, -0.2) is 45.7 Å². The fourth-order valence-electron chi connectivity index (χ4n) is 2.19. The molecule has 2 atom stereocenters. The van der Waals surface area contributed by atoms with Gasteiger partial charge in [0.15, 0.2) is 9.84 Å². The number of benzene rings is 1. The van der Waals surface area contributed by atoms with Gasteiger partial charge in [-0.1, -0.05) is 12.1 Å². The number of rotatable bonds is 5. The molecule has 0 spiro atoms. The number of sulfone groups is 1. The summed E-state index contributed by atoms with van der Waals surface area (Å²) >= 11 is 5.91. The van der Waals surface area contributed by atoms with Crippen LogP contribution in [0.4, 0.5) is 0 Å². The van der Waals surface area contributed by atoms with Crippen molar-refractivity contribution in [3.8, 4) is 0 Å². The number of hydrogen-bond donors (Lipinski definition) is 2. The molecule has 1 saturated heterocycles. The van der Waals surface area contributed by atoms with Crippen molar-refractivity contribution in [2.24, 2.45) is 0 Å². The van der Waals surface area contributed by atoms with Gasteiger partial charge in [-0.25, -0.2) is 21.6 Å². The summed E-state index contributed by atoms with van der Waals surface area (Å²) in [6.07, 6.45) is 0. The molecule has 7 nitrogen and oxygen atoms in total. The third-order valence-electron chi connectivity index (χ3n) is 3.36. The molecule has 1 aromatic carbocycles. The summed E-state index contributed by atoms with van der Waals surface area (Å²) in [7, 11) is -7.18. The van der Waals surface area contributed by atoms with Crippen LogP contribution in [0.15, 0.2) is 29.2 Å². The van der Waals surface area contributed by atoms with Gasteiger partial charge in [0.05, 0.1) is 27.8 Å². The summed E-state index contributed by atoms with van der Waals surface area (Å²) < 4.78 is 49.9. The second-order valence-electron chi connectivity index (χ2n) is 5.37. The maximum absolute atomic E-state index is 12.3.